The maximum atomic E-state index is 9.00. The lowest BCUT2D eigenvalue weighted by atomic mass is 10.1. The predicted octanol–water partition coefficient (Wildman–Crippen LogP) is 3.52. The Labute approximate surface area is 94.0 Å². The Balaban J connectivity index is 2.40. The molecule has 15 heavy (non-hydrogen) atoms. The summed E-state index contributed by atoms with van der Waals surface area (Å²) in [4.78, 5) is 1.22. The largest absolute Gasteiger partial charge is 0.392 e. The van der Waals surface area contributed by atoms with E-state index in [0.717, 1.165) is 5.56 Å². The van der Waals surface area contributed by atoms with Crippen LogP contribution in [-0.2, 0) is 6.61 Å². The van der Waals surface area contributed by atoms with Crippen LogP contribution in [0.1, 0.15) is 16.7 Å². The molecule has 0 saturated heterocycles. The second kappa shape index (κ2) is 4.17. The standard InChI is InChI=1S/C13H14OS/c1-9-3-4-12(5-10(9)2)13-6-11(7-14)8-15-13/h3-6,8,14H,7H2,1-2H3. The van der Waals surface area contributed by atoms with Gasteiger partial charge >= 0.3 is 0 Å². The molecule has 0 aliphatic carbocycles. The lowest BCUT2D eigenvalue weighted by Crippen LogP contribution is -1.81. The number of aliphatic hydroxyl groups excluding tert-OH is 1. The fourth-order valence-electron chi connectivity index (χ4n) is 1.50. The second-order valence-electron chi connectivity index (χ2n) is 3.78. The summed E-state index contributed by atoms with van der Waals surface area (Å²) in [5.41, 5.74) is 4.86. The molecule has 0 amide bonds. The van der Waals surface area contributed by atoms with Crippen molar-refractivity contribution >= 4 is 11.3 Å². The van der Waals surface area contributed by atoms with E-state index in [4.69, 9.17) is 5.11 Å². The number of thiophene rings is 1. The summed E-state index contributed by atoms with van der Waals surface area (Å²) >= 11 is 1.68. The fourth-order valence-corrected chi connectivity index (χ4v) is 2.41. The van der Waals surface area contributed by atoms with Gasteiger partial charge in [0.25, 0.3) is 0 Å². The van der Waals surface area contributed by atoms with Crippen LogP contribution in [0, 0.1) is 13.8 Å². The molecule has 0 spiro atoms. The van der Waals surface area contributed by atoms with Crippen LogP contribution in [0.5, 0.6) is 0 Å². The van der Waals surface area contributed by atoms with Gasteiger partial charge in [0.15, 0.2) is 0 Å². The highest BCUT2D eigenvalue weighted by atomic mass is 32.1. The van der Waals surface area contributed by atoms with Crippen LogP contribution in [0.3, 0.4) is 0 Å². The summed E-state index contributed by atoms with van der Waals surface area (Å²) in [6, 6.07) is 8.52. The van der Waals surface area contributed by atoms with E-state index in [1.165, 1.54) is 21.6 Å². The van der Waals surface area contributed by atoms with E-state index < -0.39 is 0 Å². The first-order valence-electron chi connectivity index (χ1n) is 4.96. The number of benzene rings is 1. The van der Waals surface area contributed by atoms with Crippen molar-refractivity contribution in [2.75, 3.05) is 0 Å². The highest BCUT2D eigenvalue weighted by Crippen LogP contribution is 2.28. The van der Waals surface area contributed by atoms with E-state index in [1.54, 1.807) is 11.3 Å². The van der Waals surface area contributed by atoms with Gasteiger partial charge in [0, 0.05) is 4.88 Å². The lowest BCUT2D eigenvalue weighted by Gasteiger charge is -2.02. The molecule has 0 fully saturated rings. The topological polar surface area (TPSA) is 20.2 Å². The summed E-state index contributed by atoms with van der Waals surface area (Å²) in [7, 11) is 0. The van der Waals surface area contributed by atoms with Crippen molar-refractivity contribution < 1.29 is 5.11 Å². The van der Waals surface area contributed by atoms with Crippen LogP contribution < -0.4 is 0 Å². The maximum Gasteiger partial charge on any atom is 0.0690 e. The third kappa shape index (κ3) is 2.11. The van der Waals surface area contributed by atoms with Crippen molar-refractivity contribution in [1.29, 1.82) is 0 Å². The molecule has 2 heteroatoms. The van der Waals surface area contributed by atoms with Gasteiger partial charge in [0.2, 0.25) is 0 Å². The first kappa shape index (κ1) is 10.4. The smallest absolute Gasteiger partial charge is 0.0690 e. The molecule has 0 aliphatic heterocycles. The Morgan fingerprint density at radius 3 is 2.53 bits per heavy atom. The zero-order valence-electron chi connectivity index (χ0n) is 8.95. The zero-order chi connectivity index (χ0) is 10.8. The molecular formula is C13H14OS. The third-order valence-electron chi connectivity index (χ3n) is 2.63. The van der Waals surface area contributed by atoms with E-state index >= 15 is 0 Å². The summed E-state index contributed by atoms with van der Waals surface area (Å²) in [5.74, 6) is 0. The first-order chi connectivity index (χ1) is 7.20. The van der Waals surface area contributed by atoms with Crippen molar-refractivity contribution in [3.63, 3.8) is 0 Å². The van der Waals surface area contributed by atoms with Gasteiger partial charge in [-0.25, -0.2) is 0 Å². The van der Waals surface area contributed by atoms with E-state index in [9.17, 15) is 0 Å². The second-order valence-corrected chi connectivity index (χ2v) is 4.69. The molecule has 1 heterocycles. The van der Waals surface area contributed by atoms with Gasteiger partial charge in [-0.05, 0) is 47.5 Å². The Morgan fingerprint density at radius 2 is 1.93 bits per heavy atom. The molecule has 2 rings (SSSR count). The minimum absolute atomic E-state index is 0.126. The van der Waals surface area contributed by atoms with Gasteiger partial charge in [0.1, 0.15) is 0 Å². The van der Waals surface area contributed by atoms with Crippen molar-refractivity contribution in [2.24, 2.45) is 0 Å². The first-order valence-corrected chi connectivity index (χ1v) is 5.84. The monoisotopic (exact) mass is 218 g/mol. The Kier molecular flexibility index (Phi) is 2.89. The Bertz CT molecular complexity index is 471. The molecule has 78 valence electrons. The van der Waals surface area contributed by atoms with Crippen molar-refractivity contribution in [1.82, 2.24) is 0 Å². The van der Waals surface area contributed by atoms with E-state index in [0.29, 0.717) is 0 Å². The molecule has 1 N–H and O–H groups in total. The van der Waals surface area contributed by atoms with Gasteiger partial charge in [0.05, 0.1) is 6.61 Å². The zero-order valence-corrected chi connectivity index (χ0v) is 9.77. The average molecular weight is 218 g/mol. The van der Waals surface area contributed by atoms with Crippen molar-refractivity contribution in [3.8, 4) is 10.4 Å². The van der Waals surface area contributed by atoms with E-state index in [1.807, 2.05) is 5.38 Å². The normalized spacial score (nSPS) is 10.6. The van der Waals surface area contributed by atoms with E-state index in [-0.39, 0.29) is 6.61 Å². The SMILES string of the molecule is Cc1ccc(-c2cc(CO)cs2)cc1C. The van der Waals surface area contributed by atoms with Crippen LogP contribution in [0.2, 0.25) is 0 Å². The number of rotatable bonds is 2. The minimum atomic E-state index is 0.126. The number of aliphatic hydroxyl groups is 1. The molecule has 0 saturated carbocycles. The summed E-state index contributed by atoms with van der Waals surface area (Å²) in [6.45, 7) is 4.37. The molecule has 0 atom stereocenters. The molecule has 1 aromatic carbocycles. The van der Waals surface area contributed by atoms with Crippen LogP contribution >= 0.6 is 11.3 Å². The fraction of sp³-hybridized carbons (Fsp3) is 0.231. The van der Waals surface area contributed by atoms with Crippen molar-refractivity contribution in [3.05, 3.63) is 46.3 Å². The Morgan fingerprint density at radius 1 is 1.13 bits per heavy atom. The van der Waals surface area contributed by atoms with Crippen LogP contribution in [-0.4, -0.2) is 5.11 Å². The van der Waals surface area contributed by atoms with Gasteiger partial charge in [-0.1, -0.05) is 18.2 Å². The van der Waals surface area contributed by atoms with Crippen molar-refractivity contribution in [2.45, 2.75) is 20.5 Å². The molecule has 0 bridgehead atoms. The Hall–Kier alpha value is -1.12. The lowest BCUT2D eigenvalue weighted by molar-refractivity contribution is 0.282. The maximum absolute atomic E-state index is 9.00. The molecule has 0 unspecified atom stereocenters. The van der Waals surface area contributed by atoms with Gasteiger partial charge in [-0.3, -0.25) is 0 Å². The number of aryl methyl sites for hydroxylation is 2. The molecule has 0 aliphatic rings. The highest BCUT2D eigenvalue weighted by molar-refractivity contribution is 7.13. The molecule has 2 aromatic rings. The minimum Gasteiger partial charge on any atom is -0.392 e. The van der Waals surface area contributed by atoms with Gasteiger partial charge in [-0.2, -0.15) is 0 Å². The van der Waals surface area contributed by atoms with Crippen LogP contribution in [0.15, 0.2) is 29.6 Å². The van der Waals surface area contributed by atoms with Crippen LogP contribution in [0.4, 0.5) is 0 Å². The molecule has 0 radical (unpaired) electrons. The summed E-state index contributed by atoms with van der Waals surface area (Å²) in [5, 5.41) is 11.0. The van der Waals surface area contributed by atoms with Crippen LogP contribution in [0.25, 0.3) is 10.4 Å². The molecule has 1 nitrogen and oxygen atoms in total. The summed E-state index contributed by atoms with van der Waals surface area (Å²) in [6.07, 6.45) is 0. The number of hydrogen-bond donors (Lipinski definition) is 1. The third-order valence-corrected chi connectivity index (χ3v) is 3.66. The molecule has 1 aromatic heterocycles. The number of hydrogen-bond acceptors (Lipinski definition) is 2. The molecular weight excluding hydrogens is 204 g/mol. The predicted molar refractivity (Wildman–Crippen MR) is 65.2 cm³/mol. The van der Waals surface area contributed by atoms with Gasteiger partial charge < -0.3 is 5.11 Å². The van der Waals surface area contributed by atoms with Gasteiger partial charge in [-0.15, -0.1) is 11.3 Å². The summed E-state index contributed by atoms with van der Waals surface area (Å²) < 4.78 is 0. The quantitative estimate of drug-likeness (QED) is 0.817. The van der Waals surface area contributed by atoms with E-state index in [2.05, 4.69) is 38.1 Å². The highest BCUT2D eigenvalue weighted by Gasteiger charge is 2.03. The average Bonchev–Trinajstić information content (AvgIpc) is 2.70.